The summed E-state index contributed by atoms with van der Waals surface area (Å²) in [5.74, 6) is 0.0327. The quantitative estimate of drug-likeness (QED) is 0.234. The van der Waals surface area contributed by atoms with Gasteiger partial charge in [0, 0.05) is 32.9 Å². The summed E-state index contributed by atoms with van der Waals surface area (Å²) in [7, 11) is -3.86. The highest BCUT2D eigenvalue weighted by Gasteiger charge is 2.17. The Morgan fingerprint density at radius 2 is 1.53 bits per heavy atom. The molecule has 3 aromatic carbocycles. The molecule has 10 heteroatoms. The first-order chi connectivity index (χ1) is 17.3. The molecular formula is C26H21ClN6O2S. The molecule has 0 unspecified atom stereocenters. The van der Waals surface area contributed by atoms with Gasteiger partial charge in [-0.05, 0) is 62.4 Å². The lowest BCUT2D eigenvalue weighted by molar-refractivity contribution is 0.601. The highest BCUT2D eigenvalue weighted by molar-refractivity contribution is 7.92. The molecule has 8 nitrogen and oxygen atoms in total. The van der Waals surface area contributed by atoms with Gasteiger partial charge >= 0.3 is 0 Å². The van der Waals surface area contributed by atoms with Crippen LogP contribution in [0.2, 0.25) is 5.02 Å². The van der Waals surface area contributed by atoms with Crippen molar-refractivity contribution in [2.75, 3.05) is 4.72 Å². The Bertz CT molecular complexity index is 1680. The van der Waals surface area contributed by atoms with Crippen molar-refractivity contribution >= 4 is 49.9 Å². The van der Waals surface area contributed by atoms with Crippen LogP contribution >= 0.6 is 11.6 Å². The summed E-state index contributed by atoms with van der Waals surface area (Å²) < 4.78 is 28.0. The van der Waals surface area contributed by atoms with E-state index >= 15 is 0 Å². The molecule has 0 amide bonds. The van der Waals surface area contributed by atoms with Gasteiger partial charge in [0.2, 0.25) is 5.95 Å². The fraction of sp³-hybridized carbons (Fsp3) is 0.0769. The maximum Gasteiger partial charge on any atom is 0.264 e. The van der Waals surface area contributed by atoms with Gasteiger partial charge in [-0.3, -0.25) is 0 Å². The molecule has 0 radical (unpaired) electrons. The monoisotopic (exact) mass is 516 g/mol. The van der Waals surface area contributed by atoms with Gasteiger partial charge in [0.1, 0.15) is 5.69 Å². The number of para-hydroxylation sites is 1. The molecule has 0 spiro atoms. The van der Waals surface area contributed by atoms with E-state index in [0.717, 1.165) is 22.2 Å². The van der Waals surface area contributed by atoms with E-state index in [1.807, 2.05) is 48.5 Å². The fourth-order valence-electron chi connectivity index (χ4n) is 3.81. The minimum absolute atomic E-state index is 0.0327. The first kappa shape index (κ1) is 23.7. The zero-order valence-corrected chi connectivity index (χ0v) is 21.0. The highest BCUT2D eigenvalue weighted by atomic mass is 35.5. The number of hydrogen-bond acceptors (Lipinski definition) is 6. The smallest absolute Gasteiger partial charge is 0.264 e. The standard InChI is InChI=1S/C26H21ClN6O2S/c1-16-15-17(2)29-26(28-16)33-36(34,35)21-13-11-20(12-14-21)31-32-25-22-5-3-4-6-23(22)30-24(25)18-7-9-19(27)10-8-18/h3-15,30H,1-2H3,(H,28,29,33). The Morgan fingerprint density at radius 3 is 2.22 bits per heavy atom. The molecule has 0 saturated carbocycles. The van der Waals surface area contributed by atoms with Gasteiger partial charge in [-0.2, -0.15) is 5.11 Å². The molecule has 180 valence electrons. The Balaban J connectivity index is 1.44. The Labute approximate surface area is 213 Å². The first-order valence-corrected chi connectivity index (χ1v) is 12.9. The average Bonchev–Trinajstić information content (AvgIpc) is 3.21. The number of azo groups is 1. The number of nitrogens with zero attached hydrogens (tertiary/aromatic N) is 4. The van der Waals surface area contributed by atoms with Crippen molar-refractivity contribution < 1.29 is 8.42 Å². The lowest BCUT2D eigenvalue weighted by atomic mass is 10.1. The maximum absolute atomic E-state index is 12.8. The normalized spacial score (nSPS) is 11.9. The predicted octanol–water partition coefficient (Wildman–Crippen LogP) is 7.11. The third-order valence-electron chi connectivity index (χ3n) is 5.43. The number of benzene rings is 3. The zero-order chi connectivity index (χ0) is 25.3. The molecule has 0 aliphatic rings. The van der Waals surface area contributed by atoms with E-state index in [1.54, 1.807) is 32.0 Å². The fourth-order valence-corrected chi connectivity index (χ4v) is 4.88. The van der Waals surface area contributed by atoms with Crippen molar-refractivity contribution in [3.63, 3.8) is 0 Å². The Hall–Kier alpha value is -4.08. The SMILES string of the molecule is Cc1cc(C)nc(NS(=O)(=O)c2ccc(N=Nc3c(-c4ccc(Cl)cc4)[nH]c4ccccc34)cc2)n1. The molecule has 0 saturated heterocycles. The summed E-state index contributed by atoms with van der Waals surface area (Å²) >= 11 is 6.06. The number of nitrogens with one attached hydrogen (secondary N) is 2. The first-order valence-electron chi connectivity index (χ1n) is 11.0. The van der Waals surface area contributed by atoms with Crippen molar-refractivity contribution in [3.8, 4) is 11.3 Å². The van der Waals surface area contributed by atoms with Crippen LogP contribution in [0.3, 0.4) is 0 Å². The number of fused-ring (bicyclic) bond motifs is 1. The number of aryl methyl sites for hydroxylation is 2. The summed E-state index contributed by atoms with van der Waals surface area (Å²) in [4.78, 5) is 11.7. The minimum atomic E-state index is -3.86. The Morgan fingerprint density at radius 1 is 0.861 bits per heavy atom. The molecule has 2 N–H and O–H groups in total. The predicted molar refractivity (Wildman–Crippen MR) is 142 cm³/mol. The summed E-state index contributed by atoms with van der Waals surface area (Å²) in [5.41, 5.74) is 5.19. The number of sulfonamides is 1. The van der Waals surface area contributed by atoms with Crippen molar-refractivity contribution in [3.05, 3.63) is 95.3 Å². The van der Waals surface area contributed by atoms with Crippen molar-refractivity contribution in [2.24, 2.45) is 10.2 Å². The van der Waals surface area contributed by atoms with Gasteiger partial charge in [-0.25, -0.2) is 23.1 Å². The summed E-state index contributed by atoms with van der Waals surface area (Å²) in [6, 6.07) is 23.2. The molecule has 0 fully saturated rings. The van der Waals surface area contributed by atoms with Gasteiger partial charge in [-0.15, -0.1) is 5.11 Å². The average molecular weight is 517 g/mol. The van der Waals surface area contributed by atoms with Crippen LogP contribution in [-0.2, 0) is 10.0 Å². The number of aromatic nitrogens is 3. The topological polar surface area (TPSA) is 112 Å². The molecule has 0 bridgehead atoms. The maximum atomic E-state index is 12.8. The minimum Gasteiger partial charge on any atom is -0.353 e. The Kier molecular flexibility index (Phi) is 6.26. The zero-order valence-electron chi connectivity index (χ0n) is 19.4. The summed E-state index contributed by atoms with van der Waals surface area (Å²) in [6.07, 6.45) is 0. The van der Waals surface area contributed by atoms with Crippen molar-refractivity contribution in [2.45, 2.75) is 18.7 Å². The lowest BCUT2D eigenvalue weighted by Gasteiger charge is -2.08. The van der Waals surface area contributed by atoms with E-state index in [0.29, 0.717) is 27.8 Å². The molecule has 0 aliphatic carbocycles. The second-order valence-corrected chi connectivity index (χ2v) is 10.3. The molecule has 0 aliphatic heterocycles. The van der Waals surface area contributed by atoms with Gasteiger partial charge in [-0.1, -0.05) is 41.9 Å². The van der Waals surface area contributed by atoms with E-state index in [9.17, 15) is 8.42 Å². The van der Waals surface area contributed by atoms with Gasteiger partial charge in [0.25, 0.3) is 10.0 Å². The number of rotatable bonds is 6. The van der Waals surface area contributed by atoms with Crippen LogP contribution in [0.15, 0.2) is 94.0 Å². The second kappa shape index (κ2) is 9.52. The molecule has 36 heavy (non-hydrogen) atoms. The summed E-state index contributed by atoms with van der Waals surface area (Å²) in [5, 5.41) is 10.5. The third kappa shape index (κ3) is 4.98. The number of anilines is 1. The molecular weight excluding hydrogens is 496 g/mol. The van der Waals surface area contributed by atoms with Crippen LogP contribution in [0.4, 0.5) is 17.3 Å². The van der Waals surface area contributed by atoms with Crippen molar-refractivity contribution in [1.82, 2.24) is 15.0 Å². The number of halogens is 1. The molecule has 0 atom stereocenters. The van der Waals surface area contributed by atoms with Crippen LogP contribution in [0.1, 0.15) is 11.4 Å². The molecule has 2 heterocycles. The number of H-pyrrole nitrogens is 1. The molecule has 5 aromatic rings. The van der Waals surface area contributed by atoms with E-state index in [4.69, 9.17) is 11.6 Å². The van der Waals surface area contributed by atoms with Gasteiger partial charge in [0.15, 0.2) is 0 Å². The van der Waals surface area contributed by atoms with E-state index in [1.165, 1.54) is 12.1 Å². The van der Waals surface area contributed by atoms with Crippen molar-refractivity contribution in [1.29, 1.82) is 0 Å². The number of hydrogen-bond donors (Lipinski definition) is 2. The van der Waals surface area contributed by atoms with Crippen LogP contribution in [0, 0.1) is 13.8 Å². The highest BCUT2D eigenvalue weighted by Crippen LogP contribution is 2.38. The van der Waals surface area contributed by atoms with Gasteiger partial charge < -0.3 is 4.98 Å². The summed E-state index contributed by atoms with van der Waals surface area (Å²) in [6.45, 7) is 3.55. The largest absolute Gasteiger partial charge is 0.353 e. The molecule has 2 aromatic heterocycles. The van der Waals surface area contributed by atoms with Crippen LogP contribution < -0.4 is 4.72 Å². The van der Waals surface area contributed by atoms with Crippen LogP contribution in [-0.4, -0.2) is 23.4 Å². The van der Waals surface area contributed by atoms with E-state index in [-0.39, 0.29) is 10.8 Å². The van der Waals surface area contributed by atoms with Crippen LogP contribution in [0.5, 0.6) is 0 Å². The lowest BCUT2D eigenvalue weighted by Crippen LogP contribution is -2.15. The second-order valence-electron chi connectivity index (χ2n) is 8.17. The molecule has 5 rings (SSSR count). The third-order valence-corrected chi connectivity index (χ3v) is 7.03. The van der Waals surface area contributed by atoms with E-state index < -0.39 is 10.0 Å². The van der Waals surface area contributed by atoms with E-state index in [2.05, 4.69) is 29.9 Å². The van der Waals surface area contributed by atoms with Gasteiger partial charge in [0.05, 0.1) is 16.3 Å². The van der Waals surface area contributed by atoms with Crippen LogP contribution in [0.25, 0.3) is 22.2 Å². The number of aromatic amines is 1.